The number of carbonyl (C=O) groups is 1. The monoisotopic (exact) mass is 343 g/mol. The minimum absolute atomic E-state index is 0.296. The molecule has 0 radical (unpaired) electrons. The number of carbonyl (C=O) groups excluding carboxylic acids is 1. The van der Waals surface area contributed by atoms with Crippen molar-refractivity contribution in [3.63, 3.8) is 0 Å². The van der Waals surface area contributed by atoms with E-state index in [-0.39, 0.29) is 0 Å². The molecule has 0 aliphatic rings. The van der Waals surface area contributed by atoms with Gasteiger partial charge in [0.05, 0.1) is 11.2 Å². The van der Waals surface area contributed by atoms with Crippen molar-refractivity contribution >= 4 is 33.1 Å². The number of halogens is 1. The first-order valence-electron chi connectivity index (χ1n) is 6.12. The largest absolute Gasteiger partial charge is 0.410 e. The smallest absolute Gasteiger partial charge is 0.408 e. The normalized spacial score (nSPS) is 10.5. The number of ether oxygens (including phenoxy) is 1. The molecule has 0 spiro atoms. The SMILES string of the molecule is NC(=O)Oc1ccnc2ccc(-c3cccc(Br)c3)nc12. The molecule has 0 fully saturated rings. The molecular weight excluding hydrogens is 334 g/mol. The van der Waals surface area contributed by atoms with Gasteiger partial charge in [-0.3, -0.25) is 4.98 Å². The molecule has 0 saturated carbocycles. The summed E-state index contributed by atoms with van der Waals surface area (Å²) in [4.78, 5) is 19.7. The Labute approximate surface area is 128 Å². The van der Waals surface area contributed by atoms with Crippen molar-refractivity contribution in [3.05, 3.63) is 53.1 Å². The van der Waals surface area contributed by atoms with Gasteiger partial charge in [0.25, 0.3) is 0 Å². The highest BCUT2D eigenvalue weighted by molar-refractivity contribution is 9.10. The summed E-state index contributed by atoms with van der Waals surface area (Å²) in [6.07, 6.45) is 0.665. The number of nitrogens with two attached hydrogens (primary N) is 1. The summed E-state index contributed by atoms with van der Waals surface area (Å²) < 4.78 is 5.93. The fourth-order valence-corrected chi connectivity index (χ4v) is 2.40. The van der Waals surface area contributed by atoms with Crippen LogP contribution in [0.2, 0.25) is 0 Å². The zero-order valence-corrected chi connectivity index (χ0v) is 12.4. The van der Waals surface area contributed by atoms with Gasteiger partial charge in [-0.1, -0.05) is 28.1 Å². The number of primary amides is 1. The summed E-state index contributed by atoms with van der Waals surface area (Å²) in [6, 6.07) is 13.0. The molecule has 104 valence electrons. The molecule has 0 atom stereocenters. The Bertz CT molecular complexity index is 836. The Balaban J connectivity index is 2.16. The third kappa shape index (κ3) is 2.85. The Morgan fingerprint density at radius 2 is 2.05 bits per heavy atom. The summed E-state index contributed by atoms with van der Waals surface area (Å²) in [5.41, 5.74) is 7.90. The number of hydrogen-bond acceptors (Lipinski definition) is 4. The van der Waals surface area contributed by atoms with Crippen molar-refractivity contribution < 1.29 is 9.53 Å². The van der Waals surface area contributed by atoms with Crippen LogP contribution >= 0.6 is 15.9 Å². The fourth-order valence-electron chi connectivity index (χ4n) is 2.00. The predicted octanol–water partition coefficient (Wildman–Crippen LogP) is 3.52. The van der Waals surface area contributed by atoms with Gasteiger partial charge in [-0.15, -0.1) is 0 Å². The number of fused-ring (bicyclic) bond motifs is 1. The number of rotatable bonds is 2. The molecule has 5 nitrogen and oxygen atoms in total. The second-order valence-electron chi connectivity index (χ2n) is 4.30. The Kier molecular flexibility index (Phi) is 3.53. The lowest BCUT2D eigenvalue weighted by atomic mass is 10.1. The molecule has 0 aliphatic carbocycles. The minimum atomic E-state index is -0.878. The maximum Gasteiger partial charge on any atom is 0.410 e. The molecule has 0 bridgehead atoms. The van der Waals surface area contributed by atoms with Crippen molar-refractivity contribution in [2.45, 2.75) is 0 Å². The van der Waals surface area contributed by atoms with Gasteiger partial charge in [0.2, 0.25) is 0 Å². The second kappa shape index (κ2) is 5.49. The van der Waals surface area contributed by atoms with Crippen molar-refractivity contribution in [3.8, 4) is 17.0 Å². The van der Waals surface area contributed by atoms with Gasteiger partial charge < -0.3 is 10.5 Å². The predicted molar refractivity (Wildman–Crippen MR) is 82.9 cm³/mol. The van der Waals surface area contributed by atoms with Crippen molar-refractivity contribution in [2.75, 3.05) is 0 Å². The van der Waals surface area contributed by atoms with Crippen molar-refractivity contribution in [1.29, 1.82) is 0 Å². The average molecular weight is 344 g/mol. The molecular formula is C15H10BrN3O2. The first-order valence-corrected chi connectivity index (χ1v) is 6.92. The fraction of sp³-hybridized carbons (Fsp3) is 0. The number of aromatic nitrogens is 2. The van der Waals surface area contributed by atoms with Crippen LogP contribution in [0.15, 0.2) is 53.1 Å². The van der Waals surface area contributed by atoms with E-state index in [0.717, 1.165) is 15.7 Å². The van der Waals surface area contributed by atoms with Gasteiger partial charge in [-0.25, -0.2) is 9.78 Å². The summed E-state index contributed by atoms with van der Waals surface area (Å²) >= 11 is 3.43. The summed E-state index contributed by atoms with van der Waals surface area (Å²) in [5, 5.41) is 0. The molecule has 1 aromatic carbocycles. The van der Waals surface area contributed by atoms with Crippen LogP contribution in [-0.4, -0.2) is 16.1 Å². The molecule has 3 rings (SSSR count). The molecule has 2 N–H and O–H groups in total. The molecule has 0 saturated heterocycles. The van der Waals surface area contributed by atoms with Crippen molar-refractivity contribution in [2.24, 2.45) is 5.73 Å². The topological polar surface area (TPSA) is 78.1 Å². The zero-order valence-electron chi connectivity index (χ0n) is 10.8. The van der Waals surface area contributed by atoms with Gasteiger partial charge in [0.1, 0.15) is 5.52 Å². The maximum atomic E-state index is 11.0. The molecule has 2 aromatic heterocycles. The van der Waals surface area contributed by atoms with E-state index >= 15 is 0 Å². The van der Waals surface area contributed by atoms with Crippen LogP contribution in [0.25, 0.3) is 22.3 Å². The minimum Gasteiger partial charge on any atom is -0.408 e. The molecule has 0 aliphatic heterocycles. The lowest BCUT2D eigenvalue weighted by Gasteiger charge is -2.07. The Hall–Kier alpha value is -2.47. The van der Waals surface area contributed by atoms with Gasteiger partial charge >= 0.3 is 6.09 Å². The highest BCUT2D eigenvalue weighted by Crippen LogP contribution is 2.27. The number of nitrogens with zero attached hydrogens (tertiary/aromatic N) is 2. The maximum absolute atomic E-state index is 11.0. The van der Waals surface area contributed by atoms with E-state index in [4.69, 9.17) is 10.5 Å². The summed E-state index contributed by atoms with van der Waals surface area (Å²) in [7, 11) is 0. The van der Waals surface area contributed by atoms with E-state index in [1.807, 2.05) is 36.4 Å². The molecule has 6 heteroatoms. The van der Waals surface area contributed by atoms with Crippen LogP contribution in [0.3, 0.4) is 0 Å². The van der Waals surface area contributed by atoms with Crippen molar-refractivity contribution in [1.82, 2.24) is 9.97 Å². The lowest BCUT2D eigenvalue weighted by molar-refractivity contribution is 0.211. The van der Waals surface area contributed by atoms with Crippen LogP contribution in [0, 0.1) is 0 Å². The molecule has 1 amide bonds. The Morgan fingerprint density at radius 3 is 2.81 bits per heavy atom. The average Bonchev–Trinajstić information content (AvgIpc) is 2.47. The van der Waals surface area contributed by atoms with E-state index < -0.39 is 6.09 Å². The van der Waals surface area contributed by atoms with E-state index in [9.17, 15) is 4.79 Å². The third-order valence-electron chi connectivity index (χ3n) is 2.88. The molecule has 21 heavy (non-hydrogen) atoms. The summed E-state index contributed by atoms with van der Waals surface area (Å²) in [5.74, 6) is 0.296. The third-order valence-corrected chi connectivity index (χ3v) is 3.37. The van der Waals surface area contributed by atoms with Crippen LogP contribution < -0.4 is 10.5 Å². The highest BCUT2D eigenvalue weighted by Gasteiger charge is 2.09. The van der Waals surface area contributed by atoms with Gasteiger partial charge in [-0.2, -0.15) is 0 Å². The van der Waals surface area contributed by atoms with Gasteiger partial charge in [0.15, 0.2) is 5.75 Å². The highest BCUT2D eigenvalue weighted by atomic mass is 79.9. The van der Waals surface area contributed by atoms with E-state index in [2.05, 4.69) is 25.9 Å². The van der Waals surface area contributed by atoms with Crippen LogP contribution in [0.1, 0.15) is 0 Å². The number of amides is 1. The summed E-state index contributed by atoms with van der Waals surface area (Å²) in [6.45, 7) is 0. The molecule has 0 unspecified atom stereocenters. The van der Waals surface area contributed by atoms with Gasteiger partial charge in [-0.05, 0) is 24.3 Å². The van der Waals surface area contributed by atoms with E-state index in [0.29, 0.717) is 16.8 Å². The number of pyridine rings is 2. The molecule has 3 aromatic rings. The van der Waals surface area contributed by atoms with E-state index in [1.165, 1.54) is 0 Å². The number of benzene rings is 1. The lowest BCUT2D eigenvalue weighted by Crippen LogP contribution is -2.16. The Morgan fingerprint density at radius 1 is 1.19 bits per heavy atom. The van der Waals surface area contributed by atoms with Crippen LogP contribution in [-0.2, 0) is 0 Å². The standard InChI is InChI=1S/C15H10BrN3O2/c16-10-3-1-2-9(8-10)11-4-5-12-14(19-11)13(6-7-18-12)21-15(17)20/h1-8H,(H2,17,20). The second-order valence-corrected chi connectivity index (χ2v) is 5.22. The van der Waals surface area contributed by atoms with E-state index in [1.54, 1.807) is 12.3 Å². The van der Waals surface area contributed by atoms with Crippen LogP contribution in [0.5, 0.6) is 5.75 Å². The first kappa shape index (κ1) is 13.5. The quantitative estimate of drug-likeness (QED) is 0.772. The number of hydrogen-bond donors (Lipinski definition) is 1. The molecule has 2 heterocycles. The zero-order chi connectivity index (χ0) is 14.8. The van der Waals surface area contributed by atoms with Gasteiger partial charge in [0, 0.05) is 22.3 Å². The van der Waals surface area contributed by atoms with Crippen LogP contribution in [0.4, 0.5) is 4.79 Å². The first-order chi connectivity index (χ1) is 10.1.